The zero-order valence-corrected chi connectivity index (χ0v) is 17.5. The van der Waals surface area contributed by atoms with Gasteiger partial charge in [-0.3, -0.25) is 9.59 Å². The van der Waals surface area contributed by atoms with Crippen LogP contribution in [-0.4, -0.2) is 36.1 Å². The summed E-state index contributed by atoms with van der Waals surface area (Å²) in [7, 11) is 0. The van der Waals surface area contributed by atoms with E-state index < -0.39 is 0 Å². The topological polar surface area (TPSA) is 127 Å². The number of primary amides is 1. The van der Waals surface area contributed by atoms with E-state index in [0.717, 1.165) is 30.4 Å². The maximum absolute atomic E-state index is 12.6. The number of aromatic nitrogens is 1. The van der Waals surface area contributed by atoms with Gasteiger partial charge in [0, 0.05) is 30.9 Å². The number of nitrogens with one attached hydrogen (secondary N) is 1. The minimum atomic E-state index is -0.312. The van der Waals surface area contributed by atoms with Crippen LogP contribution in [0.3, 0.4) is 0 Å². The highest BCUT2D eigenvalue weighted by Crippen LogP contribution is 2.63. The van der Waals surface area contributed by atoms with Crippen molar-refractivity contribution in [3.05, 3.63) is 42.1 Å². The molecule has 2 aromatic rings. The fraction of sp³-hybridized carbons (Fsp3) is 0.417. The van der Waals surface area contributed by atoms with Crippen molar-refractivity contribution < 1.29 is 19.1 Å². The lowest BCUT2D eigenvalue weighted by Crippen LogP contribution is -2.67. The molecule has 1 aliphatic heterocycles. The monoisotopic (exact) mass is 432 g/mol. The molecule has 164 valence electrons. The van der Waals surface area contributed by atoms with E-state index in [0.29, 0.717) is 30.3 Å². The lowest BCUT2D eigenvalue weighted by molar-refractivity contribution is -0.182. The van der Waals surface area contributed by atoms with Gasteiger partial charge >= 0.3 is 0 Å². The number of amides is 2. The van der Waals surface area contributed by atoms with Crippen LogP contribution in [0.15, 0.2) is 36.5 Å². The third kappa shape index (κ3) is 3.59. The minimum Gasteiger partial charge on any atom is -0.489 e. The van der Waals surface area contributed by atoms with Crippen LogP contribution in [0.4, 0.5) is 5.82 Å². The summed E-state index contributed by atoms with van der Waals surface area (Å²) in [5, 5.41) is 12.5. The van der Waals surface area contributed by atoms with Gasteiger partial charge in [-0.15, -0.1) is 0 Å². The second-order valence-corrected chi connectivity index (χ2v) is 8.69. The number of benzene rings is 1. The second-order valence-electron chi connectivity index (χ2n) is 8.69. The van der Waals surface area contributed by atoms with E-state index in [1.807, 2.05) is 18.2 Å². The third-order valence-corrected chi connectivity index (χ3v) is 6.93. The number of pyridine rings is 1. The van der Waals surface area contributed by atoms with E-state index in [4.69, 9.17) is 15.2 Å². The Bertz CT molecular complexity index is 1100. The number of anilines is 1. The molecule has 2 unspecified atom stereocenters. The first-order valence-electron chi connectivity index (χ1n) is 10.9. The molecule has 3 saturated carbocycles. The third-order valence-electron chi connectivity index (χ3n) is 6.93. The Morgan fingerprint density at radius 3 is 2.56 bits per heavy atom. The van der Waals surface area contributed by atoms with Crippen molar-refractivity contribution in [1.29, 1.82) is 5.26 Å². The molecule has 8 heteroatoms. The van der Waals surface area contributed by atoms with Crippen molar-refractivity contribution in [3.63, 3.8) is 0 Å². The predicted octanol–water partition coefficient (Wildman–Crippen LogP) is 2.48. The second kappa shape index (κ2) is 8.24. The molecular formula is C24H24N4O4. The fourth-order valence-electron chi connectivity index (χ4n) is 5.02. The van der Waals surface area contributed by atoms with Crippen LogP contribution in [-0.2, 0) is 14.3 Å². The molecule has 2 heterocycles. The quantitative estimate of drug-likeness (QED) is 0.722. The fourth-order valence-corrected chi connectivity index (χ4v) is 5.02. The number of nitrogens with two attached hydrogens (primary N) is 1. The van der Waals surface area contributed by atoms with Crippen molar-refractivity contribution in [2.45, 2.75) is 25.4 Å². The highest BCUT2D eigenvalue weighted by atomic mass is 16.5. The van der Waals surface area contributed by atoms with E-state index in [9.17, 15) is 14.9 Å². The van der Waals surface area contributed by atoms with Crippen LogP contribution in [0.5, 0.6) is 5.75 Å². The molecule has 8 nitrogen and oxygen atoms in total. The molecule has 1 saturated heterocycles. The standard InChI is InChI=1S/C24H24N4O4/c25-12-15-9-13(1-2-19(15)32-16-4-7-31-8-5-16)14-3-6-27-20(10-14)28-24(30)22-17-11-18(22)21(17)23(26)29/h1-3,6,9-10,16-18,21-22H,4-5,7-8,11H2,(H2,26,29)(H,27,28,30). The molecule has 4 fully saturated rings. The van der Waals surface area contributed by atoms with Crippen LogP contribution >= 0.6 is 0 Å². The number of hydrogen-bond acceptors (Lipinski definition) is 6. The number of nitrogens with zero attached hydrogens (tertiary/aromatic N) is 2. The van der Waals surface area contributed by atoms with Gasteiger partial charge in [-0.1, -0.05) is 6.07 Å². The molecule has 0 spiro atoms. The molecule has 3 N–H and O–H groups in total. The van der Waals surface area contributed by atoms with Crippen molar-refractivity contribution in [2.75, 3.05) is 18.5 Å². The van der Waals surface area contributed by atoms with Crippen molar-refractivity contribution in [1.82, 2.24) is 4.98 Å². The zero-order chi connectivity index (χ0) is 22.2. The van der Waals surface area contributed by atoms with Gasteiger partial charge in [-0.2, -0.15) is 5.26 Å². The summed E-state index contributed by atoms with van der Waals surface area (Å²) >= 11 is 0. The molecular weight excluding hydrogens is 408 g/mol. The predicted molar refractivity (Wildman–Crippen MR) is 115 cm³/mol. The molecule has 32 heavy (non-hydrogen) atoms. The lowest BCUT2D eigenvalue weighted by atomic mass is 9.41. The van der Waals surface area contributed by atoms with Gasteiger partial charge in [0.05, 0.1) is 18.8 Å². The van der Waals surface area contributed by atoms with Gasteiger partial charge in [0.15, 0.2) is 0 Å². The van der Waals surface area contributed by atoms with Crippen LogP contribution in [0.25, 0.3) is 11.1 Å². The zero-order valence-electron chi connectivity index (χ0n) is 17.5. The smallest absolute Gasteiger partial charge is 0.229 e. The van der Waals surface area contributed by atoms with Gasteiger partial charge in [0.25, 0.3) is 0 Å². The summed E-state index contributed by atoms with van der Waals surface area (Å²) < 4.78 is 11.4. The first-order valence-corrected chi connectivity index (χ1v) is 10.9. The van der Waals surface area contributed by atoms with Crippen molar-refractivity contribution in [3.8, 4) is 22.9 Å². The van der Waals surface area contributed by atoms with E-state index >= 15 is 0 Å². The molecule has 1 aromatic heterocycles. The Morgan fingerprint density at radius 2 is 1.88 bits per heavy atom. The summed E-state index contributed by atoms with van der Waals surface area (Å²) in [5.74, 6) is 0.374. The van der Waals surface area contributed by atoms with Crippen LogP contribution in [0.2, 0.25) is 0 Å². The van der Waals surface area contributed by atoms with Gasteiger partial charge in [-0.05, 0) is 53.6 Å². The summed E-state index contributed by atoms with van der Waals surface area (Å²) in [6.45, 7) is 1.34. The minimum absolute atomic E-state index is 0.0521. The molecule has 1 aromatic carbocycles. The maximum atomic E-state index is 12.6. The van der Waals surface area contributed by atoms with E-state index in [2.05, 4.69) is 16.4 Å². The average Bonchev–Trinajstić information content (AvgIpc) is 2.72. The first-order chi connectivity index (χ1) is 15.5. The lowest BCUT2D eigenvalue weighted by Gasteiger charge is -2.62. The SMILES string of the molecule is N#Cc1cc(-c2ccnc(NC(=O)C3C4CC3C4C(N)=O)c2)ccc1OC1CCOCC1. The van der Waals surface area contributed by atoms with Crippen LogP contribution < -0.4 is 15.8 Å². The van der Waals surface area contributed by atoms with E-state index in [1.54, 1.807) is 18.3 Å². The number of ether oxygens (including phenoxy) is 2. The van der Waals surface area contributed by atoms with Gasteiger partial charge in [0.1, 0.15) is 23.7 Å². The molecule has 2 bridgehead atoms. The van der Waals surface area contributed by atoms with Gasteiger partial charge in [0.2, 0.25) is 11.8 Å². The molecule has 3 aliphatic carbocycles. The highest BCUT2D eigenvalue weighted by Gasteiger charge is 2.66. The van der Waals surface area contributed by atoms with E-state index in [1.165, 1.54) is 0 Å². The molecule has 2 atom stereocenters. The largest absolute Gasteiger partial charge is 0.489 e. The molecule has 6 rings (SSSR count). The summed E-state index contributed by atoms with van der Waals surface area (Å²) in [6.07, 6.45) is 4.18. The number of carbonyl (C=O) groups is 2. The van der Waals surface area contributed by atoms with Crippen molar-refractivity contribution in [2.24, 2.45) is 29.4 Å². The summed E-state index contributed by atoms with van der Waals surface area (Å²) in [5.41, 5.74) is 7.51. The Labute approximate surface area is 185 Å². The van der Waals surface area contributed by atoms with Gasteiger partial charge < -0.3 is 20.5 Å². The molecule has 2 amide bonds. The van der Waals surface area contributed by atoms with Crippen LogP contribution in [0, 0.1) is 35.0 Å². The first kappa shape index (κ1) is 20.5. The van der Waals surface area contributed by atoms with Crippen molar-refractivity contribution >= 4 is 17.6 Å². The number of nitriles is 1. The molecule has 4 aliphatic rings. The Balaban J connectivity index is 1.28. The van der Waals surface area contributed by atoms with E-state index in [-0.39, 0.29) is 41.6 Å². The Kier molecular flexibility index (Phi) is 5.27. The molecule has 0 radical (unpaired) electrons. The normalized spacial score (nSPS) is 26.2. The highest BCUT2D eigenvalue weighted by molar-refractivity contribution is 5.96. The Morgan fingerprint density at radius 1 is 1.12 bits per heavy atom. The van der Waals surface area contributed by atoms with Gasteiger partial charge in [-0.25, -0.2) is 4.98 Å². The average molecular weight is 432 g/mol. The summed E-state index contributed by atoms with van der Waals surface area (Å²) in [4.78, 5) is 28.2. The van der Waals surface area contributed by atoms with Crippen LogP contribution in [0.1, 0.15) is 24.8 Å². The number of hydrogen-bond donors (Lipinski definition) is 2. The number of rotatable bonds is 6. The summed E-state index contributed by atoms with van der Waals surface area (Å²) in [6, 6.07) is 11.3. The Hall–Kier alpha value is -3.44. The number of carbonyl (C=O) groups excluding carboxylic acids is 2. The maximum Gasteiger partial charge on any atom is 0.229 e.